The molecule has 3 fully saturated rings. The summed E-state index contributed by atoms with van der Waals surface area (Å²) in [5, 5.41) is 15.1. The van der Waals surface area contributed by atoms with Crippen molar-refractivity contribution < 1.29 is 33.5 Å². The Labute approximate surface area is 377 Å². The molecule has 0 radical (unpaired) electrons. The van der Waals surface area contributed by atoms with Gasteiger partial charge in [0.1, 0.15) is 34.1 Å². The molecule has 0 bridgehead atoms. The van der Waals surface area contributed by atoms with Crippen LogP contribution in [0, 0.1) is 24.0 Å². The zero-order valence-electron chi connectivity index (χ0n) is 38.0. The average Bonchev–Trinajstić information content (AvgIpc) is 4.21. The molecule has 4 aliphatic rings. The van der Waals surface area contributed by atoms with Crippen LogP contribution in [0.15, 0.2) is 54.9 Å². The van der Waals surface area contributed by atoms with Gasteiger partial charge in [-0.05, 0) is 103 Å². The molecule has 1 aromatic carbocycles. The molecule has 2 amide bonds. The smallest absolute Gasteiger partial charge is 0.410 e. The number of anilines is 2. The SMILES string of the molecule is CNCC1(Oc2ccc(N(Cc3ccc4c5c(c(N)nc4c3)COC5)C(=O)c3cnc(C4CC4)nc3)c(C)n2)CC1.Cc1nc(OC2(CN(C)C(=O)OC(C)(C)C)CC2)ccc1[N+](=O)[O-]. The maximum Gasteiger partial charge on any atom is 0.410 e. The number of hydrogen-bond donors (Lipinski definition) is 2. The van der Waals surface area contributed by atoms with Crippen molar-refractivity contribution in [3.05, 3.63) is 104 Å². The number of nitrogens with zero attached hydrogens (tertiary/aromatic N) is 8. The number of carbonyl (C=O) groups is 2. The van der Waals surface area contributed by atoms with Gasteiger partial charge >= 0.3 is 6.09 Å². The zero-order chi connectivity index (χ0) is 46.3. The van der Waals surface area contributed by atoms with E-state index in [4.69, 9.17) is 29.7 Å². The van der Waals surface area contributed by atoms with Crippen LogP contribution in [0.2, 0.25) is 0 Å². The summed E-state index contributed by atoms with van der Waals surface area (Å²) >= 11 is 0. The van der Waals surface area contributed by atoms with E-state index in [1.807, 2.05) is 65.1 Å². The maximum absolute atomic E-state index is 14.0. The van der Waals surface area contributed by atoms with Gasteiger partial charge in [0, 0.05) is 61.1 Å². The number of nitrogens with one attached hydrogen (secondary N) is 1. The number of carbonyl (C=O) groups excluding carboxylic acids is 2. The van der Waals surface area contributed by atoms with Gasteiger partial charge in [0.15, 0.2) is 0 Å². The fraction of sp³-hybridized carbons (Fsp3) is 0.468. The van der Waals surface area contributed by atoms with Gasteiger partial charge < -0.3 is 39.8 Å². The van der Waals surface area contributed by atoms with Crippen LogP contribution in [0.25, 0.3) is 10.9 Å². The standard InChI is InChI=1S/C31H33N7O3.C16H23N3O5/c1-18-26(7-8-27(36-18)41-31(9-10-31)17-33-2)38(30(39)21-12-34-29(35-13-21)20-4-5-20)14-19-3-6-22-23-15-40-16-24(23)28(32)37-25(22)11-19;1-11-12(19(21)22)6-7-13(17-11)23-16(8-9-16)10-18(5)14(20)24-15(2,3)4/h3,6-8,11-13,20,33H,4-5,9-10,14-17H2,1-2H3,(H2,32,37);6-7H,8-10H2,1-5H3. The molecule has 18 heteroatoms. The molecule has 0 spiro atoms. The summed E-state index contributed by atoms with van der Waals surface area (Å²) < 4.78 is 23.1. The summed E-state index contributed by atoms with van der Waals surface area (Å²) in [6, 6.07) is 12.7. The minimum absolute atomic E-state index is 0.0435. The van der Waals surface area contributed by atoms with E-state index < -0.39 is 22.2 Å². The highest BCUT2D eigenvalue weighted by Gasteiger charge is 2.48. The number of rotatable bonds is 14. The Hall–Kier alpha value is -6.53. The van der Waals surface area contributed by atoms with Crippen molar-refractivity contribution in [2.24, 2.45) is 0 Å². The second-order valence-electron chi connectivity index (χ2n) is 18.5. The Balaban J connectivity index is 0.000000205. The van der Waals surface area contributed by atoms with E-state index in [0.717, 1.165) is 78.5 Å². The van der Waals surface area contributed by atoms with Gasteiger partial charge in [-0.3, -0.25) is 14.9 Å². The van der Waals surface area contributed by atoms with Gasteiger partial charge in [-0.2, -0.15) is 0 Å². The van der Waals surface area contributed by atoms with Crippen molar-refractivity contribution >= 4 is 40.1 Å². The van der Waals surface area contributed by atoms with Gasteiger partial charge in [0.25, 0.3) is 11.6 Å². The Morgan fingerprint density at radius 1 is 0.923 bits per heavy atom. The fourth-order valence-corrected chi connectivity index (χ4v) is 7.87. The van der Waals surface area contributed by atoms with Crippen molar-refractivity contribution in [2.75, 3.05) is 37.8 Å². The summed E-state index contributed by atoms with van der Waals surface area (Å²) in [6.45, 7) is 11.4. The number of likely N-dealkylation sites (N-methyl/N-ethyl adjacent to an activating group) is 2. The van der Waals surface area contributed by atoms with Crippen LogP contribution in [0.3, 0.4) is 0 Å². The number of amides is 2. The molecular weight excluding hydrogens is 833 g/mol. The van der Waals surface area contributed by atoms with Crippen LogP contribution >= 0.6 is 0 Å². The van der Waals surface area contributed by atoms with E-state index in [0.29, 0.717) is 72.4 Å². The number of pyridine rings is 3. The Bertz CT molecular complexity index is 2620. The van der Waals surface area contributed by atoms with E-state index in [9.17, 15) is 19.7 Å². The molecule has 5 heterocycles. The van der Waals surface area contributed by atoms with E-state index >= 15 is 0 Å². The van der Waals surface area contributed by atoms with Crippen molar-refractivity contribution in [1.82, 2.24) is 35.1 Å². The lowest BCUT2D eigenvalue weighted by Crippen LogP contribution is -2.41. The maximum atomic E-state index is 14.0. The molecule has 3 aliphatic carbocycles. The Morgan fingerprint density at radius 3 is 2.17 bits per heavy atom. The summed E-state index contributed by atoms with van der Waals surface area (Å²) in [5.74, 6) is 2.40. The number of fused-ring (bicyclic) bond motifs is 3. The lowest BCUT2D eigenvalue weighted by Gasteiger charge is -2.27. The van der Waals surface area contributed by atoms with Crippen molar-refractivity contribution in [3.8, 4) is 11.8 Å². The number of aryl methyl sites for hydroxylation is 2. The topological polar surface area (TPSA) is 223 Å². The summed E-state index contributed by atoms with van der Waals surface area (Å²) in [5.41, 5.74) is 10.8. The van der Waals surface area contributed by atoms with Gasteiger partial charge in [-0.25, -0.2) is 29.7 Å². The average molecular weight is 889 g/mol. The van der Waals surface area contributed by atoms with Crippen LogP contribution in [0.4, 0.5) is 22.0 Å². The molecule has 0 saturated heterocycles. The molecule has 0 unspecified atom stereocenters. The quantitative estimate of drug-likeness (QED) is 0.0826. The Morgan fingerprint density at radius 2 is 1.57 bits per heavy atom. The van der Waals surface area contributed by atoms with E-state index in [-0.39, 0.29) is 17.2 Å². The molecule has 3 saturated carbocycles. The lowest BCUT2D eigenvalue weighted by molar-refractivity contribution is -0.385. The van der Waals surface area contributed by atoms with E-state index in [1.165, 1.54) is 17.0 Å². The van der Waals surface area contributed by atoms with Gasteiger partial charge in [0.2, 0.25) is 11.8 Å². The van der Waals surface area contributed by atoms with Crippen LogP contribution in [0.1, 0.15) is 109 Å². The first-order chi connectivity index (χ1) is 30.9. The summed E-state index contributed by atoms with van der Waals surface area (Å²) in [4.78, 5) is 62.1. The van der Waals surface area contributed by atoms with Gasteiger partial charge in [0.05, 0.1) is 53.7 Å². The number of ether oxygens (including phenoxy) is 4. The van der Waals surface area contributed by atoms with Gasteiger partial charge in [-0.1, -0.05) is 12.1 Å². The highest BCUT2D eigenvalue weighted by atomic mass is 16.6. The third-order valence-corrected chi connectivity index (χ3v) is 11.8. The first-order valence-corrected chi connectivity index (χ1v) is 21.9. The molecular formula is C47H56N10O8. The molecule has 342 valence electrons. The summed E-state index contributed by atoms with van der Waals surface area (Å²) in [6.07, 6.45) is 8.63. The predicted molar refractivity (Wildman–Crippen MR) is 242 cm³/mol. The largest absolute Gasteiger partial charge is 0.470 e. The van der Waals surface area contributed by atoms with E-state index in [1.54, 1.807) is 31.3 Å². The number of nitro groups is 1. The molecule has 0 atom stereocenters. The number of nitrogen functional groups attached to an aromatic ring is 1. The zero-order valence-corrected chi connectivity index (χ0v) is 38.0. The number of nitrogens with two attached hydrogens (primary N) is 1. The minimum atomic E-state index is -0.556. The van der Waals surface area contributed by atoms with Gasteiger partial charge in [-0.15, -0.1) is 0 Å². The minimum Gasteiger partial charge on any atom is -0.470 e. The van der Waals surface area contributed by atoms with Crippen LogP contribution in [0.5, 0.6) is 11.8 Å². The number of aromatic nitrogens is 5. The van der Waals surface area contributed by atoms with Crippen molar-refractivity contribution in [2.45, 2.75) is 116 Å². The molecule has 18 nitrogen and oxygen atoms in total. The Kier molecular flexibility index (Phi) is 12.3. The van der Waals surface area contributed by atoms with Crippen LogP contribution in [-0.4, -0.2) is 90.7 Å². The highest BCUT2D eigenvalue weighted by molar-refractivity contribution is 6.06. The normalized spacial score (nSPS) is 16.4. The molecule has 4 aromatic heterocycles. The molecule has 65 heavy (non-hydrogen) atoms. The second-order valence-corrected chi connectivity index (χ2v) is 18.5. The van der Waals surface area contributed by atoms with Crippen molar-refractivity contribution in [3.63, 3.8) is 0 Å². The first-order valence-electron chi connectivity index (χ1n) is 21.9. The molecule has 9 rings (SSSR count). The van der Waals surface area contributed by atoms with Crippen LogP contribution in [-0.2, 0) is 29.2 Å². The predicted octanol–water partition coefficient (Wildman–Crippen LogP) is 7.27. The number of benzene rings is 1. The third kappa shape index (κ3) is 10.5. The van der Waals surface area contributed by atoms with E-state index in [2.05, 4.69) is 25.3 Å². The highest BCUT2D eigenvalue weighted by Crippen LogP contribution is 2.42. The second kappa shape index (κ2) is 17.8. The number of hydrogen-bond acceptors (Lipinski definition) is 15. The molecule has 5 aromatic rings. The monoisotopic (exact) mass is 888 g/mol. The molecule has 1 aliphatic heterocycles. The van der Waals surface area contributed by atoms with Crippen molar-refractivity contribution in [1.29, 1.82) is 0 Å². The molecule has 3 N–H and O–H groups in total. The lowest BCUT2D eigenvalue weighted by atomic mass is 10.0. The fourth-order valence-electron chi connectivity index (χ4n) is 7.87. The summed E-state index contributed by atoms with van der Waals surface area (Å²) in [7, 11) is 3.58. The first kappa shape index (κ1) is 45.1. The third-order valence-electron chi connectivity index (χ3n) is 11.8. The van der Waals surface area contributed by atoms with Crippen LogP contribution < -0.4 is 25.4 Å².